The van der Waals surface area contributed by atoms with E-state index in [1.807, 2.05) is 20.8 Å². The quantitative estimate of drug-likeness (QED) is 0.483. The van der Waals surface area contributed by atoms with Gasteiger partial charge < -0.3 is 5.21 Å². The Morgan fingerprint density at radius 1 is 1.38 bits per heavy atom. The second-order valence-corrected chi connectivity index (χ2v) is 4.40. The Morgan fingerprint density at radius 2 is 2.00 bits per heavy atom. The topological polar surface area (TPSA) is 26.9 Å². The predicted molar refractivity (Wildman–Crippen MR) is 48.5 cm³/mol. The number of aromatic nitrogens is 1. The molecule has 0 spiro atoms. The van der Waals surface area contributed by atoms with Crippen LogP contribution in [0.4, 0.5) is 4.39 Å². The maximum atomic E-state index is 12.6. The minimum Gasteiger partial charge on any atom is -0.618 e. The van der Waals surface area contributed by atoms with Crippen LogP contribution in [0.3, 0.4) is 0 Å². The predicted octanol–water partition coefficient (Wildman–Crippen LogP) is 2.05. The number of pyridine rings is 1. The summed E-state index contributed by atoms with van der Waals surface area (Å²) in [6.45, 7) is 6.11. The van der Waals surface area contributed by atoms with E-state index in [9.17, 15) is 9.60 Å². The molecule has 0 N–H and O–H groups in total. The highest BCUT2D eigenvalue weighted by atomic mass is 19.1. The lowest BCUT2D eigenvalue weighted by Crippen LogP contribution is -2.34. The second-order valence-electron chi connectivity index (χ2n) is 4.40. The molecule has 0 atom stereocenters. The summed E-state index contributed by atoms with van der Waals surface area (Å²) in [5, 5.41) is 11.2. The molecule has 0 aromatic carbocycles. The SMILES string of the molecule is CC(C)(C)Cc1ccc(F)c[n+]1[O-]. The molecule has 1 aromatic rings. The third-order valence-corrected chi connectivity index (χ3v) is 1.67. The first kappa shape index (κ1) is 9.96. The van der Waals surface area contributed by atoms with Crippen molar-refractivity contribution >= 4 is 0 Å². The van der Waals surface area contributed by atoms with E-state index in [-0.39, 0.29) is 5.41 Å². The molecule has 0 fully saturated rings. The number of hydrogen-bond acceptors (Lipinski definition) is 1. The molecule has 1 heterocycles. The first-order chi connectivity index (χ1) is 5.88. The lowest BCUT2D eigenvalue weighted by Gasteiger charge is -2.16. The highest BCUT2D eigenvalue weighted by Gasteiger charge is 2.17. The fourth-order valence-electron chi connectivity index (χ4n) is 1.17. The van der Waals surface area contributed by atoms with Crippen molar-refractivity contribution in [2.45, 2.75) is 27.2 Å². The van der Waals surface area contributed by atoms with Gasteiger partial charge in [-0.3, -0.25) is 0 Å². The van der Waals surface area contributed by atoms with Crippen LogP contribution in [-0.2, 0) is 6.42 Å². The van der Waals surface area contributed by atoms with Gasteiger partial charge in [0.1, 0.15) is 0 Å². The first-order valence-electron chi connectivity index (χ1n) is 4.26. The Bertz CT molecular complexity index is 304. The molecule has 2 nitrogen and oxygen atoms in total. The van der Waals surface area contributed by atoms with E-state index in [1.54, 1.807) is 0 Å². The molecule has 72 valence electrons. The second kappa shape index (κ2) is 3.32. The molecule has 0 amide bonds. The Morgan fingerprint density at radius 3 is 2.46 bits per heavy atom. The van der Waals surface area contributed by atoms with Gasteiger partial charge in [0.05, 0.1) is 0 Å². The highest BCUT2D eigenvalue weighted by Crippen LogP contribution is 2.18. The summed E-state index contributed by atoms with van der Waals surface area (Å²) in [5.41, 5.74) is 0.651. The van der Waals surface area contributed by atoms with Gasteiger partial charge in [0.2, 0.25) is 6.20 Å². The standard InChI is InChI=1S/C10H14FNO/c1-10(2,3)6-9-5-4-8(11)7-12(9)13/h4-5,7H,6H2,1-3H3. The molecule has 0 saturated heterocycles. The molecule has 0 unspecified atom stereocenters. The number of halogens is 1. The number of nitrogens with zero attached hydrogens (tertiary/aromatic N) is 1. The van der Waals surface area contributed by atoms with Crippen molar-refractivity contribution in [3.05, 3.63) is 35.0 Å². The number of hydrogen-bond donors (Lipinski definition) is 0. The van der Waals surface area contributed by atoms with E-state index in [1.165, 1.54) is 12.1 Å². The van der Waals surface area contributed by atoms with Crippen LogP contribution in [0.5, 0.6) is 0 Å². The summed E-state index contributed by atoms with van der Waals surface area (Å²) >= 11 is 0. The summed E-state index contributed by atoms with van der Waals surface area (Å²) < 4.78 is 13.2. The average Bonchev–Trinajstić information content (AvgIpc) is 1.93. The summed E-state index contributed by atoms with van der Waals surface area (Å²) in [4.78, 5) is 0. The zero-order valence-corrected chi connectivity index (χ0v) is 8.17. The third-order valence-electron chi connectivity index (χ3n) is 1.67. The Labute approximate surface area is 77.6 Å². The largest absolute Gasteiger partial charge is 0.618 e. The fraction of sp³-hybridized carbons (Fsp3) is 0.500. The molecular formula is C10H14FNO. The Kier molecular flexibility index (Phi) is 2.55. The zero-order chi connectivity index (χ0) is 10.1. The fourth-order valence-corrected chi connectivity index (χ4v) is 1.17. The van der Waals surface area contributed by atoms with Gasteiger partial charge >= 0.3 is 0 Å². The minimum absolute atomic E-state index is 0.0456. The van der Waals surface area contributed by atoms with E-state index >= 15 is 0 Å². The van der Waals surface area contributed by atoms with Gasteiger partial charge in [0.25, 0.3) is 0 Å². The lowest BCUT2D eigenvalue weighted by atomic mass is 9.90. The summed E-state index contributed by atoms with van der Waals surface area (Å²) in [6, 6.07) is 2.85. The molecule has 0 bridgehead atoms. The van der Waals surface area contributed by atoms with Gasteiger partial charge in [0.15, 0.2) is 11.5 Å². The van der Waals surface area contributed by atoms with E-state index < -0.39 is 5.82 Å². The van der Waals surface area contributed by atoms with Crippen LogP contribution in [0.2, 0.25) is 0 Å². The third kappa shape index (κ3) is 3.01. The minimum atomic E-state index is -0.493. The van der Waals surface area contributed by atoms with Gasteiger partial charge in [-0.2, -0.15) is 4.73 Å². The van der Waals surface area contributed by atoms with Crippen molar-refractivity contribution < 1.29 is 9.12 Å². The van der Waals surface area contributed by atoms with Crippen LogP contribution in [-0.4, -0.2) is 0 Å². The molecule has 0 saturated carbocycles. The Balaban J connectivity index is 2.90. The van der Waals surface area contributed by atoms with Gasteiger partial charge in [-0.25, -0.2) is 4.39 Å². The summed E-state index contributed by atoms with van der Waals surface area (Å²) in [5.74, 6) is -0.493. The molecule has 1 rings (SSSR count). The first-order valence-corrected chi connectivity index (χ1v) is 4.26. The maximum absolute atomic E-state index is 12.6. The van der Waals surface area contributed by atoms with Crippen molar-refractivity contribution in [2.24, 2.45) is 5.41 Å². The van der Waals surface area contributed by atoms with Crippen molar-refractivity contribution in [2.75, 3.05) is 0 Å². The van der Waals surface area contributed by atoms with Crippen LogP contribution in [0, 0.1) is 16.4 Å². The average molecular weight is 183 g/mol. The van der Waals surface area contributed by atoms with Crippen LogP contribution < -0.4 is 4.73 Å². The molecule has 13 heavy (non-hydrogen) atoms. The maximum Gasteiger partial charge on any atom is 0.216 e. The van der Waals surface area contributed by atoms with E-state index in [0.717, 1.165) is 6.20 Å². The van der Waals surface area contributed by atoms with Gasteiger partial charge in [-0.05, 0) is 11.5 Å². The number of rotatable bonds is 1. The molecule has 0 radical (unpaired) electrons. The van der Waals surface area contributed by atoms with Crippen LogP contribution in [0.15, 0.2) is 18.3 Å². The van der Waals surface area contributed by atoms with E-state index in [4.69, 9.17) is 0 Å². The highest BCUT2D eigenvalue weighted by molar-refractivity contribution is 5.01. The normalized spacial score (nSPS) is 11.7. The van der Waals surface area contributed by atoms with Gasteiger partial charge in [-0.15, -0.1) is 0 Å². The van der Waals surface area contributed by atoms with Gasteiger partial charge in [0, 0.05) is 12.5 Å². The van der Waals surface area contributed by atoms with Crippen molar-refractivity contribution in [3.8, 4) is 0 Å². The molecule has 0 aliphatic heterocycles. The smallest absolute Gasteiger partial charge is 0.216 e. The van der Waals surface area contributed by atoms with Crippen molar-refractivity contribution in [1.29, 1.82) is 0 Å². The summed E-state index contributed by atoms with van der Waals surface area (Å²) in [6.07, 6.45) is 1.61. The molecule has 0 aliphatic rings. The van der Waals surface area contributed by atoms with E-state index in [0.29, 0.717) is 16.8 Å². The molecule has 0 aliphatic carbocycles. The monoisotopic (exact) mass is 183 g/mol. The zero-order valence-electron chi connectivity index (χ0n) is 8.17. The van der Waals surface area contributed by atoms with Crippen LogP contribution in [0.1, 0.15) is 26.5 Å². The van der Waals surface area contributed by atoms with Crippen LogP contribution >= 0.6 is 0 Å². The van der Waals surface area contributed by atoms with Crippen molar-refractivity contribution in [1.82, 2.24) is 0 Å². The van der Waals surface area contributed by atoms with E-state index in [2.05, 4.69) is 0 Å². The molecule has 1 aromatic heterocycles. The van der Waals surface area contributed by atoms with Crippen molar-refractivity contribution in [3.63, 3.8) is 0 Å². The molecular weight excluding hydrogens is 169 g/mol. The lowest BCUT2D eigenvalue weighted by molar-refractivity contribution is -0.616. The van der Waals surface area contributed by atoms with Gasteiger partial charge in [-0.1, -0.05) is 20.8 Å². The molecule has 3 heteroatoms. The summed E-state index contributed by atoms with van der Waals surface area (Å²) in [7, 11) is 0. The van der Waals surface area contributed by atoms with Crippen LogP contribution in [0.25, 0.3) is 0 Å². The Hall–Kier alpha value is -1.12.